The van der Waals surface area contributed by atoms with Crippen molar-refractivity contribution in [3.63, 3.8) is 0 Å². The Morgan fingerprint density at radius 3 is 2.59 bits per heavy atom. The summed E-state index contributed by atoms with van der Waals surface area (Å²) < 4.78 is 25.4. The van der Waals surface area contributed by atoms with Crippen LogP contribution in [0.1, 0.15) is 5.56 Å². The molecule has 0 aliphatic heterocycles. The van der Waals surface area contributed by atoms with Gasteiger partial charge in [-0.15, -0.1) is 0 Å². The molecule has 0 saturated carbocycles. The van der Waals surface area contributed by atoms with E-state index in [0.717, 1.165) is 22.5 Å². The molecule has 0 unspecified atom stereocenters. The van der Waals surface area contributed by atoms with Gasteiger partial charge in [-0.25, -0.2) is 8.78 Å². The highest BCUT2D eigenvalue weighted by atomic mass is 35.5. The maximum atomic E-state index is 12.9. The summed E-state index contributed by atoms with van der Waals surface area (Å²) in [6, 6.07) is 3.63. The Kier molecular flexibility index (Phi) is 3.76. The molecule has 0 atom stereocenters. The molecule has 2 rings (SSSR count). The van der Waals surface area contributed by atoms with Gasteiger partial charge in [0, 0.05) is 6.54 Å². The van der Waals surface area contributed by atoms with Crippen LogP contribution in [-0.2, 0) is 6.54 Å². The summed E-state index contributed by atoms with van der Waals surface area (Å²) in [4.78, 5) is 11.1. The minimum atomic E-state index is -0.895. The van der Waals surface area contributed by atoms with Gasteiger partial charge in [0.1, 0.15) is 10.0 Å². The van der Waals surface area contributed by atoms with Crippen molar-refractivity contribution < 1.29 is 8.78 Å². The molecular weight excluding hydrogens is 288 g/mol. The van der Waals surface area contributed by atoms with Crippen LogP contribution >= 0.6 is 32.3 Å². The number of anilines is 1. The van der Waals surface area contributed by atoms with E-state index < -0.39 is 11.6 Å². The molecule has 90 valence electrons. The lowest BCUT2D eigenvalue weighted by molar-refractivity contribution is 0.507. The Balaban J connectivity index is 2.10. The first kappa shape index (κ1) is 12.5. The molecule has 0 amide bonds. The molecule has 0 radical (unpaired) electrons. The van der Waals surface area contributed by atoms with Crippen molar-refractivity contribution in [2.24, 2.45) is 0 Å². The van der Waals surface area contributed by atoms with Crippen LogP contribution in [0.3, 0.4) is 0 Å². The van der Waals surface area contributed by atoms with Gasteiger partial charge in [-0.05, 0) is 28.0 Å². The average Bonchev–Trinajstić information content (AvgIpc) is 2.62. The lowest BCUT2D eigenvalue weighted by Crippen LogP contribution is -2.01. The van der Waals surface area contributed by atoms with Gasteiger partial charge >= 0.3 is 0 Å². The lowest BCUT2D eigenvalue weighted by Gasteiger charge is -2.04. The van der Waals surface area contributed by atoms with E-state index in [1.54, 1.807) is 0 Å². The summed E-state index contributed by atoms with van der Waals surface area (Å²) in [6.45, 7) is 0.281. The lowest BCUT2D eigenvalue weighted by atomic mass is 10.2. The van der Waals surface area contributed by atoms with Crippen LogP contribution in [0.4, 0.5) is 13.8 Å². The van der Waals surface area contributed by atoms with Crippen molar-refractivity contribution in [1.82, 2.24) is 0 Å². The Morgan fingerprint density at radius 1 is 1.24 bits per heavy atom. The van der Waals surface area contributed by atoms with Gasteiger partial charge in [-0.3, -0.25) is 4.79 Å². The largest absolute Gasteiger partial charge is 0.371 e. The van der Waals surface area contributed by atoms with Crippen molar-refractivity contribution in [2.45, 2.75) is 6.54 Å². The molecule has 2 aromatic rings. The smallest absolute Gasteiger partial charge is 0.263 e. The third kappa shape index (κ3) is 2.83. The van der Waals surface area contributed by atoms with Crippen molar-refractivity contribution in [3.8, 4) is 0 Å². The van der Waals surface area contributed by atoms with Gasteiger partial charge in [0.25, 0.3) is 4.74 Å². The zero-order chi connectivity index (χ0) is 12.4. The molecule has 1 heterocycles. The van der Waals surface area contributed by atoms with Crippen LogP contribution < -0.4 is 10.1 Å². The van der Waals surface area contributed by atoms with Crippen LogP contribution in [0.5, 0.6) is 0 Å². The number of benzene rings is 1. The fourth-order valence-corrected chi connectivity index (χ4v) is 3.61. The van der Waals surface area contributed by atoms with Gasteiger partial charge in [0.2, 0.25) is 0 Å². The molecule has 0 bridgehead atoms. The van der Waals surface area contributed by atoms with E-state index in [-0.39, 0.29) is 16.3 Å². The van der Waals surface area contributed by atoms with E-state index in [4.69, 9.17) is 11.6 Å². The maximum Gasteiger partial charge on any atom is 0.263 e. The second-order valence-corrected chi connectivity index (χ2v) is 5.69. The van der Waals surface area contributed by atoms with Crippen LogP contribution in [0, 0.1) is 11.6 Å². The van der Waals surface area contributed by atoms with Gasteiger partial charge in [-0.2, -0.15) is 0 Å². The van der Waals surface area contributed by atoms with Crippen LogP contribution in [0.2, 0.25) is 5.02 Å². The molecule has 1 N–H and O–H groups in total. The monoisotopic (exact) mass is 293 g/mol. The molecule has 0 aliphatic carbocycles. The van der Waals surface area contributed by atoms with E-state index >= 15 is 0 Å². The summed E-state index contributed by atoms with van der Waals surface area (Å²) in [6.07, 6.45) is 0. The zero-order valence-corrected chi connectivity index (χ0v) is 10.7. The normalized spacial score (nSPS) is 10.5. The van der Waals surface area contributed by atoms with E-state index in [0.29, 0.717) is 10.6 Å². The summed E-state index contributed by atoms with van der Waals surface area (Å²) >= 11 is 5.74. The average molecular weight is 294 g/mol. The minimum absolute atomic E-state index is 0.141. The molecule has 7 heteroatoms. The highest BCUT2D eigenvalue weighted by Crippen LogP contribution is 2.27. The molecular formula is C10H6ClF2NOS2. The molecule has 0 saturated heterocycles. The Bertz CT molecular complexity index is 596. The summed E-state index contributed by atoms with van der Waals surface area (Å²) in [5.41, 5.74) is 0.575. The first-order valence-corrected chi connectivity index (χ1v) is 7.07. The number of hydrogen-bond donors (Lipinski definition) is 1. The predicted molar refractivity (Wildman–Crippen MR) is 67.2 cm³/mol. The summed E-state index contributed by atoms with van der Waals surface area (Å²) in [5, 5.41) is 3.59. The van der Waals surface area contributed by atoms with Crippen molar-refractivity contribution >= 4 is 37.3 Å². The number of halogens is 3. The molecule has 0 aliphatic rings. The third-order valence-corrected chi connectivity index (χ3v) is 4.76. The van der Waals surface area contributed by atoms with Gasteiger partial charge in [-0.1, -0.05) is 28.0 Å². The van der Waals surface area contributed by atoms with E-state index in [1.165, 1.54) is 16.4 Å². The highest BCUT2D eigenvalue weighted by Gasteiger charge is 2.08. The van der Waals surface area contributed by atoms with E-state index in [2.05, 4.69) is 5.32 Å². The second-order valence-electron chi connectivity index (χ2n) is 3.20. The molecule has 0 fully saturated rings. The standard InChI is InChI=1S/C10H6ClF2NOS2/c11-8-9(16-17-10(8)15)14-4-5-1-2-6(12)7(13)3-5/h1-3,14H,4H2. The fourth-order valence-electron chi connectivity index (χ4n) is 1.18. The maximum absolute atomic E-state index is 12.9. The molecule has 0 spiro atoms. The van der Waals surface area contributed by atoms with Crippen LogP contribution in [0.15, 0.2) is 23.0 Å². The Labute approximate surface area is 108 Å². The molecule has 1 aromatic carbocycles. The fraction of sp³-hybridized carbons (Fsp3) is 0.100. The topological polar surface area (TPSA) is 29.1 Å². The quantitative estimate of drug-likeness (QED) is 0.874. The van der Waals surface area contributed by atoms with Crippen molar-refractivity contribution in [3.05, 3.63) is 50.0 Å². The molecule has 17 heavy (non-hydrogen) atoms. The third-order valence-electron chi connectivity index (χ3n) is 2.02. The van der Waals surface area contributed by atoms with Crippen LogP contribution in [0.25, 0.3) is 0 Å². The van der Waals surface area contributed by atoms with Crippen LogP contribution in [-0.4, -0.2) is 0 Å². The van der Waals surface area contributed by atoms with E-state index in [1.807, 2.05) is 0 Å². The van der Waals surface area contributed by atoms with Crippen molar-refractivity contribution in [2.75, 3.05) is 5.32 Å². The van der Waals surface area contributed by atoms with Gasteiger partial charge in [0.05, 0.1) is 0 Å². The second kappa shape index (κ2) is 5.12. The first-order valence-electron chi connectivity index (χ1n) is 4.54. The zero-order valence-electron chi connectivity index (χ0n) is 8.30. The number of nitrogens with one attached hydrogen (secondary N) is 1. The summed E-state index contributed by atoms with van der Waals surface area (Å²) in [7, 11) is 2.25. The van der Waals surface area contributed by atoms with E-state index in [9.17, 15) is 13.6 Å². The first-order chi connectivity index (χ1) is 8.08. The number of hydrogen-bond acceptors (Lipinski definition) is 4. The highest BCUT2D eigenvalue weighted by molar-refractivity contribution is 7.70. The van der Waals surface area contributed by atoms with Gasteiger partial charge in [0.15, 0.2) is 11.6 Å². The molecule has 2 nitrogen and oxygen atoms in total. The number of rotatable bonds is 3. The Morgan fingerprint density at radius 2 is 2.00 bits per heavy atom. The summed E-state index contributed by atoms with van der Waals surface area (Å²) in [5.74, 6) is -1.78. The van der Waals surface area contributed by atoms with Gasteiger partial charge < -0.3 is 5.32 Å². The van der Waals surface area contributed by atoms with Crippen molar-refractivity contribution in [1.29, 1.82) is 0 Å². The molecule has 1 aromatic heterocycles. The minimum Gasteiger partial charge on any atom is -0.371 e. The predicted octanol–water partition coefficient (Wildman–Crippen LogP) is 3.71. The Hall–Kier alpha value is -0.980. The SMILES string of the molecule is O=c1ssc(NCc2ccc(F)c(F)c2)c1Cl.